The number of halogens is 4. The van der Waals surface area contributed by atoms with Crippen molar-refractivity contribution >= 4 is 11.6 Å². The third-order valence-corrected chi connectivity index (χ3v) is 1.43. The molecule has 78 valence electrons. The van der Waals surface area contributed by atoms with Crippen molar-refractivity contribution in [2.75, 3.05) is 6.61 Å². The zero-order valence-electron chi connectivity index (χ0n) is 7.10. The SMILES string of the molecule is CCOc1nc(Cl)cc(C(F)(F)F)n1. The molecule has 1 aromatic rings. The summed E-state index contributed by atoms with van der Waals surface area (Å²) < 4.78 is 41.3. The van der Waals surface area contributed by atoms with Crippen molar-refractivity contribution in [3.8, 4) is 6.01 Å². The Morgan fingerprint density at radius 3 is 2.57 bits per heavy atom. The van der Waals surface area contributed by atoms with Gasteiger partial charge in [0, 0.05) is 6.07 Å². The summed E-state index contributed by atoms with van der Waals surface area (Å²) in [7, 11) is 0. The van der Waals surface area contributed by atoms with Crippen LogP contribution in [0.25, 0.3) is 0 Å². The van der Waals surface area contributed by atoms with E-state index in [9.17, 15) is 13.2 Å². The van der Waals surface area contributed by atoms with Crippen LogP contribution in [0.3, 0.4) is 0 Å². The van der Waals surface area contributed by atoms with Crippen LogP contribution in [-0.2, 0) is 6.18 Å². The van der Waals surface area contributed by atoms with Gasteiger partial charge in [-0.2, -0.15) is 23.1 Å². The standard InChI is InChI=1S/C7H6ClF3N2O/c1-2-14-6-12-4(7(9,10)11)3-5(8)13-6/h3H,2H2,1H3. The predicted molar refractivity (Wildman–Crippen MR) is 43.2 cm³/mol. The Balaban J connectivity index is 3.07. The molecule has 0 atom stereocenters. The molecule has 0 N–H and O–H groups in total. The van der Waals surface area contributed by atoms with Crippen LogP contribution >= 0.6 is 11.6 Å². The van der Waals surface area contributed by atoms with Crippen LogP contribution in [0.5, 0.6) is 6.01 Å². The van der Waals surface area contributed by atoms with E-state index in [0.717, 1.165) is 0 Å². The van der Waals surface area contributed by atoms with Crippen molar-refractivity contribution in [2.45, 2.75) is 13.1 Å². The summed E-state index contributed by atoms with van der Waals surface area (Å²) in [4.78, 5) is 6.62. The van der Waals surface area contributed by atoms with E-state index in [0.29, 0.717) is 6.07 Å². The maximum absolute atomic E-state index is 12.2. The smallest absolute Gasteiger partial charge is 0.433 e. The molecule has 0 fully saturated rings. The highest BCUT2D eigenvalue weighted by Crippen LogP contribution is 2.29. The molecule has 7 heteroatoms. The molecule has 3 nitrogen and oxygen atoms in total. The molecule has 0 spiro atoms. The largest absolute Gasteiger partial charge is 0.464 e. The number of hydrogen-bond donors (Lipinski definition) is 0. The average Bonchev–Trinajstić information content (AvgIpc) is 2.02. The molecular weight excluding hydrogens is 221 g/mol. The summed E-state index contributed by atoms with van der Waals surface area (Å²) >= 11 is 5.36. The van der Waals surface area contributed by atoms with Gasteiger partial charge in [-0.25, -0.2) is 0 Å². The molecule has 1 rings (SSSR count). The number of ether oxygens (including phenoxy) is 1. The van der Waals surface area contributed by atoms with E-state index in [-0.39, 0.29) is 17.8 Å². The molecule has 1 aromatic heterocycles. The molecule has 0 amide bonds. The van der Waals surface area contributed by atoms with Crippen LogP contribution < -0.4 is 4.74 Å². The van der Waals surface area contributed by atoms with Gasteiger partial charge in [-0.1, -0.05) is 11.6 Å². The molecule has 0 bridgehead atoms. The van der Waals surface area contributed by atoms with E-state index in [1.54, 1.807) is 6.92 Å². The number of nitrogens with zero attached hydrogens (tertiary/aromatic N) is 2. The summed E-state index contributed by atoms with van der Waals surface area (Å²) in [5, 5.41) is -0.296. The van der Waals surface area contributed by atoms with Crippen LogP contribution in [0.15, 0.2) is 6.07 Å². The highest BCUT2D eigenvalue weighted by molar-refractivity contribution is 6.29. The van der Waals surface area contributed by atoms with Gasteiger partial charge >= 0.3 is 12.2 Å². The maximum atomic E-state index is 12.2. The number of rotatable bonds is 2. The fraction of sp³-hybridized carbons (Fsp3) is 0.429. The van der Waals surface area contributed by atoms with Gasteiger partial charge in [0.05, 0.1) is 6.61 Å². The molecular formula is C7H6ClF3N2O. The Labute approximate surface area is 82.9 Å². The van der Waals surface area contributed by atoms with E-state index in [1.165, 1.54) is 0 Å². The third kappa shape index (κ3) is 2.73. The molecule has 0 radical (unpaired) electrons. The van der Waals surface area contributed by atoms with Crippen molar-refractivity contribution < 1.29 is 17.9 Å². The second kappa shape index (κ2) is 4.00. The van der Waals surface area contributed by atoms with Gasteiger partial charge in [-0.3, -0.25) is 0 Å². The average molecular weight is 227 g/mol. The van der Waals surface area contributed by atoms with Crippen LogP contribution in [-0.4, -0.2) is 16.6 Å². The second-order valence-electron chi connectivity index (χ2n) is 2.29. The normalized spacial score (nSPS) is 11.5. The first-order chi connectivity index (χ1) is 6.43. The van der Waals surface area contributed by atoms with E-state index in [4.69, 9.17) is 16.3 Å². The molecule has 0 saturated heterocycles. The van der Waals surface area contributed by atoms with Crippen LogP contribution in [0.2, 0.25) is 5.15 Å². The lowest BCUT2D eigenvalue weighted by Crippen LogP contribution is -2.10. The highest BCUT2D eigenvalue weighted by atomic mass is 35.5. The minimum absolute atomic E-state index is 0.178. The second-order valence-corrected chi connectivity index (χ2v) is 2.68. The van der Waals surface area contributed by atoms with Gasteiger partial charge in [-0.05, 0) is 6.92 Å². The third-order valence-electron chi connectivity index (χ3n) is 1.24. The fourth-order valence-electron chi connectivity index (χ4n) is 0.736. The summed E-state index contributed by atoms with van der Waals surface area (Å²) in [5.74, 6) is 0. The van der Waals surface area contributed by atoms with Crippen molar-refractivity contribution in [3.05, 3.63) is 16.9 Å². The lowest BCUT2D eigenvalue weighted by atomic mass is 10.4. The first-order valence-electron chi connectivity index (χ1n) is 3.68. The molecule has 0 aliphatic carbocycles. The Hall–Kier alpha value is -1.04. The van der Waals surface area contributed by atoms with E-state index < -0.39 is 11.9 Å². The Bertz CT molecular complexity index is 329. The van der Waals surface area contributed by atoms with E-state index in [2.05, 4.69) is 9.97 Å². The zero-order valence-corrected chi connectivity index (χ0v) is 7.85. The van der Waals surface area contributed by atoms with Crippen molar-refractivity contribution in [3.63, 3.8) is 0 Å². The van der Waals surface area contributed by atoms with Crippen molar-refractivity contribution in [1.29, 1.82) is 0 Å². The Morgan fingerprint density at radius 1 is 1.43 bits per heavy atom. The summed E-state index contributed by atoms with van der Waals surface area (Å²) in [6, 6.07) is 0.275. The van der Waals surface area contributed by atoms with Crippen molar-refractivity contribution in [1.82, 2.24) is 9.97 Å². The van der Waals surface area contributed by atoms with Gasteiger partial charge in [0.1, 0.15) is 5.15 Å². The molecule has 0 aliphatic heterocycles. The van der Waals surface area contributed by atoms with Gasteiger partial charge < -0.3 is 4.74 Å². The number of hydrogen-bond acceptors (Lipinski definition) is 3. The Morgan fingerprint density at radius 2 is 2.07 bits per heavy atom. The molecule has 0 unspecified atom stereocenters. The van der Waals surface area contributed by atoms with E-state index in [1.807, 2.05) is 0 Å². The molecule has 1 heterocycles. The number of alkyl halides is 3. The zero-order chi connectivity index (χ0) is 10.8. The lowest BCUT2D eigenvalue weighted by molar-refractivity contribution is -0.141. The lowest BCUT2D eigenvalue weighted by Gasteiger charge is -2.07. The minimum atomic E-state index is -4.54. The van der Waals surface area contributed by atoms with Crippen molar-refractivity contribution in [2.24, 2.45) is 0 Å². The van der Waals surface area contributed by atoms with Gasteiger partial charge in [0.2, 0.25) is 0 Å². The fourth-order valence-corrected chi connectivity index (χ4v) is 0.911. The van der Waals surface area contributed by atoms with Gasteiger partial charge in [-0.15, -0.1) is 0 Å². The monoisotopic (exact) mass is 226 g/mol. The molecule has 0 aliphatic rings. The van der Waals surface area contributed by atoms with Crippen LogP contribution in [0.4, 0.5) is 13.2 Å². The number of aromatic nitrogens is 2. The van der Waals surface area contributed by atoms with E-state index >= 15 is 0 Å². The topological polar surface area (TPSA) is 35.0 Å². The molecule has 14 heavy (non-hydrogen) atoms. The summed E-state index contributed by atoms with van der Waals surface area (Å²) in [6.07, 6.45) is -4.54. The maximum Gasteiger partial charge on any atom is 0.433 e. The minimum Gasteiger partial charge on any atom is -0.464 e. The summed E-state index contributed by atoms with van der Waals surface area (Å²) in [5.41, 5.74) is -1.11. The van der Waals surface area contributed by atoms with Crippen LogP contribution in [0, 0.1) is 0 Å². The quantitative estimate of drug-likeness (QED) is 0.727. The van der Waals surface area contributed by atoms with Gasteiger partial charge in [0.15, 0.2) is 5.69 Å². The van der Waals surface area contributed by atoms with Gasteiger partial charge in [0.25, 0.3) is 0 Å². The first kappa shape index (κ1) is 11.0. The molecule has 0 aromatic carbocycles. The first-order valence-corrected chi connectivity index (χ1v) is 4.06. The Kier molecular flexibility index (Phi) is 3.15. The molecule has 0 saturated carbocycles. The highest BCUT2D eigenvalue weighted by Gasteiger charge is 2.33. The van der Waals surface area contributed by atoms with Crippen LogP contribution in [0.1, 0.15) is 12.6 Å². The predicted octanol–water partition coefficient (Wildman–Crippen LogP) is 2.55. The summed E-state index contributed by atoms with van der Waals surface area (Å²) in [6.45, 7) is 1.79.